The first-order valence-electron chi connectivity index (χ1n) is 6.70. The molecule has 3 aromatic rings. The predicted octanol–water partition coefficient (Wildman–Crippen LogP) is 4.89. The molecule has 2 heterocycles. The number of pyridine rings is 1. The third-order valence-electron chi connectivity index (χ3n) is 3.08. The number of ketones is 1. The van der Waals surface area contributed by atoms with E-state index in [1.807, 2.05) is 30.3 Å². The van der Waals surface area contributed by atoms with Crippen LogP contribution in [0.4, 0.5) is 0 Å². The molecule has 0 aliphatic rings. The molecule has 0 radical (unpaired) electrons. The minimum atomic E-state index is -0.117. The molecule has 22 heavy (non-hydrogen) atoms. The lowest BCUT2D eigenvalue weighted by Crippen LogP contribution is -1.93. The van der Waals surface area contributed by atoms with E-state index in [0.717, 1.165) is 5.56 Å². The van der Waals surface area contributed by atoms with Crippen LogP contribution in [0.2, 0.25) is 5.02 Å². The Morgan fingerprint density at radius 1 is 1.14 bits per heavy atom. The van der Waals surface area contributed by atoms with Crippen LogP contribution in [-0.4, -0.2) is 10.8 Å². The number of hydrogen-bond donors (Lipinski definition) is 0. The Morgan fingerprint density at radius 2 is 2.05 bits per heavy atom. The third-order valence-corrected chi connectivity index (χ3v) is 3.32. The Balaban J connectivity index is 1.77. The van der Waals surface area contributed by atoms with Gasteiger partial charge in [0.25, 0.3) is 0 Å². The molecule has 3 rings (SSSR count). The van der Waals surface area contributed by atoms with Crippen molar-refractivity contribution in [3.05, 3.63) is 83.3 Å². The SMILES string of the molecule is O=C(/C=C/c1ccc(-c2cccc(Cl)c2)o1)c1cccnc1. The quantitative estimate of drug-likeness (QED) is 0.509. The Labute approximate surface area is 132 Å². The minimum absolute atomic E-state index is 0.117. The first-order valence-corrected chi connectivity index (χ1v) is 7.08. The molecule has 4 heteroatoms. The van der Waals surface area contributed by atoms with Crippen LogP contribution in [0.25, 0.3) is 17.4 Å². The first-order chi connectivity index (χ1) is 10.7. The van der Waals surface area contributed by atoms with Gasteiger partial charge in [-0.2, -0.15) is 0 Å². The fourth-order valence-electron chi connectivity index (χ4n) is 2.00. The summed E-state index contributed by atoms with van der Waals surface area (Å²) in [5.41, 5.74) is 1.44. The number of nitrogens with zero attached hydrogens (tertiary/aromatic N) is 1. The van der Waals surface area contributed by atoms with Crippen LogP contribution in [0, 0.1) is 0 Å². The zero-order chi connectivity index (χ0) is 15.4. The highest BCUT2D eigenvalue weighted by atomic mass is 35.5. The van der Waals surface area contributed by atoms with Crippen LogP contribution in [0.3, 0.4) is 0 Å². The van der Waals surface area contributed by atoms with Gasteiger partial charge in [-0.15, -0.1) is 0 Å². The molecule has 0 saturated carbocycles. The molecular formula is C18H12ClNO2. The smallest absolute Gasteiger partial charge is 0.187 e. The van der Waals surface area contributed by atoms with Gasteiger partial charge in [-0.3, -0.25) is 9.78 Å². The van der Waals surface area contributed by atoms with E-state index in [9.17, 15) is 4.79 Å². The van der Waals surface area contributed by atoms with Gasteiger partial charge >= 0.3 is 0 Å². The summed E-state index contributed by atoms with van der Waals surface area (Å²) in [7, 11) is 0. The van der Waals surface area contributed by atoms with Gasteiger partial charge < -0.3 is 4.42 Å². The molecule has 0 atom stereocenters. The topological polar surface area (TPSA) is 43.1 Å². The summed E-state index contributed by atoms with van der Waals surface area (Å²) in [5.74, 6) is 1.19. The Bertz CT molecular complexity index is 822. The molecule has 0 N–H and O–H groups in total. The zero-order valence-corrected chi connectivity index (χ0v) is 12.3. The molecule has 0 unspecified atom stereocenters. The molecule has 0 aliphatic carbocycles. The number of hydrogen-bond acceptors (Lipinski definition) is 3. The highest BCUT2D eigenvalue weighted by molar-refractivity contribution is 6.30. The number of carbonyl (C=O) groups is 1. The van der Waals surface area contributed by atoms with Gasteiger partial charge in [0.2, 0.25) is 0 Å². The molecule has 3 nitrogen and oxygen atoms in total. The zero-order valence-electron chi connectivity index (χ0n) is 11.6. The maximum atomic E-state index is 12.0. The molecular weight excluding hydrogens is 298 g/mol. The summed E-state index contributed by atoms with van der Waals surface area (Å²) in [6, 6.07) is 14.5. The molecule has 0 saturated heterocycles. The van der Waals surface area contributed by atoms with Crippen LogP contribution in [0.5, 0.6) is 0 Å². The molecule has 0 fully saturated rings. The Hall–Kier alpha value is -2.65. The number of aromatic nitrogens is 1. The number of rotatable bonds is 4. The second-order valence-corrected chi connectivity index (χ2v) is 5.09. The number of halogens is 1. The van der Waals surface area contributed by atoms with Crippen molar-refractivity contribution in [1.29, 1.82) is 0 Å². The highest BCUT2D eigenvalue weighted by Gasteiger charge is 2.05. The van der Waals surface area contributed by atoms with Gasteiger partial charge in [0.1, 0.15) is 11.5 Å². The van der Waals surface area contributed by atoms with Crippen molar-refractivity contribution < 1.29 is 9.21 Å². The monoisotopic (exact) mass is 309 g/mol. The average Bonchev–Trinajstić information content (AvgIpc) is 3.02. The van der Waals surface area contributed by atoms with E-state index < -0.39 is 0 Å². The lowest BCUT2D eigenvalue weighted by Gasteiger charge is -1.97. The standard InChI is InChI=1S/C18H12ClNO2/c19-15-5-1-3-13(11-15)18-9-7-16(22-18)6-8-17(21)14-4-2-10-20-12-14/h1-12H/b8-6+. The van der Waals surface area contributed by atoms with E-state index in [1.54, 1.807) is 30.5 Å². The van der Waals surface area contributed by atoms with E-state index in [4.69, 9.17) is 16.0 Å². The van der Waals surface area contributed by atoms with Crippen molar-refractivity contribution in [3.63, 3.8) is 0 Å². The summed E-state index contributed by atoms with van der Waals surface area (Å²) < 4.78 is 5.70. The lowest BCUT2D eigenvalue weighted by molar-refractivity contribution is 0.104. The molecule has 108 valence electrons. The number of furan rings is 1. The van der Waals surface area contributed by atoms with Gasteiger partial charge in [-0.25, -0.2) is 0 Å². The van der Waals surface area contributed by atoms with Gasteiger partial charge in [-0.1, -0.05) is 23.7 Å². The van der Waals surface area contributed by atoms with Gasteiger partial charge in [-0.05, 0) is 48.6 Å². The summed E-state index contributed by atoms with van der Waals surface area (Å²) in [5, 5.41) is 0.651. The van der Waals surface area contributed by atoms with Crippen LogP contribution in [0.1, 0.15) is 16.1 Å². The lowest BCUT2D eigenvalue weighted by atomic mass is 10.2. The number of allylic oxidation sites excluding steroid dienone is 1. The summed E-state index contributed by atoms with van der Waals surface area (Å²) in [4.78, 5) is 15.9. The number of benzene rings is 1. The van der Waals surface area contributed by atoms with Crippen molar-refractivity contribution in [2.75, 3.05) is 0 Å². The minimum Gasteiger partial charge on any atom is -0.457 e. The summed E-state index contributed by atoms with van der Waals surface area (Å²) in [6.45, 7) is 0. The maximum Gasteiger partial charge on any atom is 0.187 e. The molecule has 0 aliphatic heterocycles. The van der Waals surface area contributed by atoms with E-state index in [2.05, 4.69) is 4.98 Å². The van der Waals surface area contributed by atoms with Crippen molar-refractivity contribution in [2.24, 2.45) is 0 Å². The van der Waals surface area contributed by atoms with Crippen molar-refractivity contribution >= 4 is 23.5 Å². The summed E-state index contributed by atoms with van der Waals surface area (Å²) >= 11 is 5.97. The molecule has 1 aromatic carbocycles. The van der Waals surface area contributed by atoms with E-state index in [-0.39, 0.29) is 5.78 Å². The van der Waals surface area contributed by atoms with E-state index >= 15 is 0 Å². The fourth-order valence-corrected chi connectivity index (χ4v) is 2.19. The number of carbonyl (C=O) groups excluding carboxylic acids is 1. The van der Waals surface area contributed by atoms with E-state index in [1.165, 1.54) is 12.3 Å². The molecule has 0 spiro atoms. The largest absolute Gasteiger partial charge is 0.457 e. The van der Waals surface area contributed by atoms with Crippen molar-refractivity contribution in [2.45, 2.75) is 0 Å². The molecule has 2 aromatic heterocycles. The van der Waals surface area contributed by atoms with E-state index in [0.29, 0.717) is 22.1 Å². The first kappa shape index (κ1) is 14.3. The third kappa shape index (κ3) is 3.32. The molecule has 0 amide bonds. The van der Waals surface area contributed by atoms with Crippen LogP contribution < -0.4 is 0 Å². The van der Waals surface area contributed by atoms with Gasteiger partial charge in [0, 0.05) is 28.5 Å². The normalized spacial score (nSPS) is 11.0. The summed E-state index contributed by atoms with van der Waals surface area (Å²) in [6.07, 6.45) is 6.28. The molecule has 0 bridgehead atoms. The van der Waals surface area contributed by atoms with Gasteiger partial charge in [0.05, 0.1) is 0 Å². The van der Waals surface area contributed by atoms with Crippen LogP contribution in [-0.2, 0) is 0 Å². The highest BCUT2D eigenvalue weighted by Crippen LogP contribution is 2.25. The van der Waals surface area contributed by atoms with Crippen LogP contribution >= 0.6 is 11.6 Å². The predicted molar refractivity (Wildman–Crippen MR) is 86.8 cm³/mol. The average molecular weight is 310 g/mol. The second kappa shape index (κ2) is 6.41. The van der Waals surface area contributed by atoms with Crippen molar-refractivity contribution in [3.8, 4) is 11.3 Å². The van der Waals surface area contributed by atoms with Gasteiger partial charge in [0.15, 0.2) is 5.78 Å². The second-order valence-electron chi connectivity index (χ2n) is 4.65. The van der Waals surface area contributed by atoms with Crippen LogP contribution in [0.15, 0.2) is 71.4 Å². The fraction of sp³-hybridized carbons (Fsp3) is 0. The van der Waals surface area contributed by atoms with Crippen molar-refractivity contribution in [1.82, 2.24) is 4.98 Å². The Morgan fingerprint density at radius 3 is 2.82 bits per heavy atom. The maximum absolute atomic E-state index is 12.0. The Kier molecular flexibility index (Phi) is 4.17.